The summed E-state index contributed by atoms with van der Waals surface area (Å²) < 4.78 is 13.8. The average molecular weight is 466 g/mol. The van der Waals surface area contributed by atoms with Gasteiger partial charge in [0.1, 0.15) is 5.82 Å². The molecule has 0 saturated carbocycles. The molecule has 0 amide bonds. The van der Waals surface area contributed by atoms with E-state index in [0.29, 0.717) is 29.5 Å². The van der Waals surface area contributed by atoms with Crippen molar-refractivity contribution in [2.45, 2.75) is 26.3 Å². The molecule has 2 N–H and O–H groups in total. The summed E-state index contributed by atoms with van der Waals surface area (Å²) >= 11 is 0. The quantitative estimate of drug-likeness (QED) is 0.397. The highest BCUT2D eigenvalue weighted by molar-refractivity contribution is 14.0. The zero-order valence-electron chi connectivity index (χ0n) is 15.2. The van der Waals surface area contributed by atoms with E-state index in [2.05, 4.69) is 53.7 Å². The molecule has 0 radical (unpaired) electrons. The molecule has 2 aromatic carbocycles. The van der Waals surface area contributed by atoms with E-state index in [1.165, 1.54) is 23.3 Å². The van der Waals surface area contributed by atoms with Gasteiger partial charge in [0.25, 0.3) is 0 Å². The second-order valence-electron chi connectivity index (χ2n) is 6.04. The van der Waals surface area contributed by atoms with Crippen molar-refractivity contribution in [2.24, 2.45) is 4.99 Å². The number of aryl methyl sites for hydroxylation is 1. The van der Waals surface area contributed by atoms with Crippen LogP contribution in [-0.4, -0.2) is 19.6 Å². The van der Waals surface area contributed by atoms with Crippen LogP contribution >= 0.6 is 24.0 Å². The molecule has 2 aromatic rings. The molecule has 0 aromatic heterocycles. The fourth-order valence-corrected chi connectivity index (χ4v) is 2.44. The minimum atomic E-state index is -0.338. The third-order valence-electron chi connectivity index (χ3n) is 4.07. The van der Waals surface area contributed by atoms with Gasteiger partial charge in [-0.15, -0.1) is 24.0 Å². The van der Waals surface area contributed by atoms with Gasteiger partial charge < -0.3 is 10.6 Å². The van der Waals surface area contributed by atoms with Crippen LogP contribution in [0.1, 0.15) is 35.1 Å². The molecule has 0 aliphatic rings. The Labute approximate surface area is 171 Å². The van der Waals surface area contributed by atoms with Gasteiger partial charge >= 0.3 is 0 Å². The Kier molecular flexibility index (Phi) is 9.07. The van der Waals surface area contributed by atoms with Crippen molar-refractivity contribution in [3.63, 3.8) is 0 Å². The molecule has 138 valence electrons. The summed E-state index contributed by atoms with van der Waals surface area (Å²) in [7, 11) is 1.67. The first-order valence-corrected chi connectivity index (χ1v) is 8.23. The third kappa shape index (κ3) is 6.30. The number of aliphatic imine (C=N–C) groups is 1. The average Bonchev–Trinajstić information content (AvgIpc) is 2.63. The second-order valence-corrected chi connectivity index (χ2v) is 6.04. The standard InChI is InChI=1S/C20H23FN4.HI/c1-14-4-7-17(8-5-14)15(2)12-24-20(23-3)25-13-18-10-16(11-22)6-9-19(18)21;/h4-10,15H,12-13H2,1-3H3,(H2,23,24,25);1H. The second kappa shape index (κ2) is 10.8. The molecule has 0 bridgehead atoms. The zero-order chi connectivity index (χ0) is 18.2. The van der Waals surface area contributed by atoms with Crippen LogP contribution in [0, 0.1) is 24.1 Å². The molecule has 4 nitrogen and oxygen atoms in total. The fraction of sp³-hybridized carbons (Fsp3) is 0.300. The van der Waals surface area contributed by atoms with E-state index in [9.17, 15) is 4.39 Å². The van der Waals surface area contributed by atoms with Crippen molar-refractivity contribution in [1.82, 2.24) is 10.6 Å². The van der Waals surface area contributed by atoms with Gasteiger partial charge in [-0.1, -0.05) is 36.8 Å². The number of hydrogen-bond donors (Lipinski definition) is 2. The highest BCUT2D eigenvalue weighted by Gasteiger charge is 2.08. The maximum atomic E-state index is 13.8. The van der Waals surface area contributed by atoms with Gasteiger partial charge in [0.05, 0.1) is 11.6 Å². The first kappa shape index (κ1) is 21.9. The molecule has 0 aliphatic heterocycles. The Morgan fingerprint density at radius 3 is 2.50 bits per heavy atom. The fourth-order valence-electron chi connectivity index (χ4n) is 2.44. The van der Waals surface area contributed by atoms with Gasteiger partial charge in [0, 0.05) is 25.7 Å². The summed E-state index contributed by atoms with van der Waals surface area (Å²) in [6, 6.07) is 14.8. The number of nitrogens with zero attached hydrogens (tertiary/aromatic N) is 2. The predicted octanol–water partition coefficient (Wildman–Crippen LogP) is 4.09. The van der Waals surface area contributed by atoms with Crippen LogP contribution in [0.3, 0.4) is 0 Å². The van der Waals surface area contributed by atoms with Crippen molar-refractivity contribution in [1.29, 1.82) is 5.26 Å². The molecule has 6 heteroatoms. The Hall–Kier alpha value is -2.14. The molecule has 1 unspecified atom stereocenters. The van der Waals surface area contributed by atoms with E-state index >= 15 is 0 Å². The van der Waals surface area contributed by atoms with E-state index in [4.69, 9.17) is 5.26 Å². The van der Waals surface area contributed by atoms with Crippen LogP contribution in [0.4, 0.5) is 4.39 Å². The molecule has 1 atom stereocenters. The number of nitriles is 1. The van der Waals surface area contributed by atoms with Gasteiger partial charge in [-0.25, -0.2) is 4.39 Å². The van der Waals surface area contributed by atoms with Gasteiger partial charge in [0.2, 0.25) is 0 Å². The number of halogens is 2. The minimum absolute atomic E-state index is 0. The molecule has 0 fully saturated rings. The predicted molar refractivity (Wildman–Crippen MR) is 114 cm³/mol. The van der Waals surface area contributed by atoms with Crippen LogP contribution in [0.25, 0.3) is 0 Å². The van der Waals surface area contributed by atoms with Gasteiger partial charge in [0.15, 0.2) is 5.96 Å². The molecule has 2 rings (SSSR count). The van der Waals surface area contributed by atoms with Crippen LogP contribution in [0.5, 0.6) is 0 Å². The SMILES string of the molecule is CN=C(NCc1cc(C#N)ccc1F)NCC(C)c1ccc(C)cc1.I. The highest BCUT2D eigenvalue weighted by Crippen LogP contribution is 2.14. The van der Waals surface area contributed by atoms with Crippen molar-refractivity contribution >= 4 is 29.9 Å². The van der Waals surface area contributed by atoms with Gasteiger partial charge in [-0.3, -0.25) is 4.99 Å². The highest BCUT2D eigenvalue weighted by atomic mass is 127. The largest absolute Gasteiger partial charge is 0.356 e. The molecular formula is C20H24FIN4. The van der Waals surface area contributed by atoms with Crippen molar-refractivity contribution in [2.75, 3.05) is 13.6 Å². The van der Waals surface area contributed by atoms with Gasteiger partial charge in [-0.2, -0.15) is 5.26 Å². The lowest BCUT2D eigenvalue weighted by molar-refractivity contribution is 0.603. The summed E-state index contributed by atoms with van der Waals surface area (Å²) in [6.07, 6.45) is 0. The Morgan fingerprint density at radius 1 is 1.19 bits per heavy atom. The zero-order valence-corrected chi connectivity index (χ0v) is 17.5. The third-order valence-corrected chi connectivity index (χ3v) is 4.07. The van der Waals surface area contributed by atoms with E-state index in [1.807, 2.05) is 6.07 Å². The molecule has 0 saturated heterocycles. The summed E-state index contributed by atoms with van der Waals surface area (Å²) in [4.78, 5) is 4.16. The maximum Gasteiger partial charge on any atom is 0.191 e. The summed E-state index contributed by atoms with van der Waals surface area (Å²) in [5.41, 5.74) is 3.37. The molecule has 26 heavy (non-hydrogen) atoms. The van der Waals surface area contributed by atoms with E-state index in [1.54, 1.807) is 13.1 Å². The van der Waals surface area contributed by atoms with Crippen LogP contribution < -0.4 is 10.6 Å². The van der Waals surface area contributed by atoms with E-state index in [0.717, 1.165) is 0 Å². The monoisotopic (exact) mass is 466 g/mol. The summed E-state index contributed by atoms with van der Waals surface area (Å²) in [5, 5.41) is 15.3. The number of rotatable bonds is 5. The lowest BCUT2D eigenvalue weighted by Crippen LogP contribution is -2.38. The van der Waals surface area contributed by atoms with Crippen molar-refractivity contribution in [3.8, 4) is 6.07 Å². The number of hydrogen-bond acceptors (Lipinski definition) is 2. The van der Waals surface area contributed by atoms with E-state index in [-0.39, 0.29) is 36.3 Å². The van der Waals surface area contributed by atoms with Crippen molar-refractivity contribution in [3.05, 3.63) is 70.5 Å². The minimum Gasteiger partial charge on any atom is -0.356 e. The Bertz CT molecular complexity index is 781. The molecule has 0 heterocycles. The topological polar surface area (TPSA) is 60.2 Å². The lowest BCUT2D eigenvalue weighted by Gasteiger charge is -2.17. The number of nitrogens with one attached hydrogen (secondary N) is 2. The first-order valence-electron chi connectivity index (χ1n) is 8.23. The lowest BCUT2D eigenvalue weighted by atomic mass is 10.0. The smallest absolute Gasteiger partial charge is 0.191 e. The van der Waals surface area contributed by atoms with E-state index < -0.39 is 0 Å². The maximum absolute atomic E-state index is 13.8. The summed E-state index contributed by atoms with van der Waals surface area (Å²) in [6.45, 7) is 5.18. The normalized spacial score (nSPS) is 11.9. The van der Waals surface area contributed by atoms with Crippen molar-refractivity contribution < 1.29 is 4.39 Å². The first-order chi connectivity index (χ1) is 12.0. The Morgan fingerprint density at radius 2 is 1.88 bits per heavy atom. The van der Waals surface area contributed by atoms with Crippen LogP contribution in [-0.2, 0) is 6.54 Å². The van der Waals surface area contributed by atoms with Gasteiger partial charge in [-0.05, 0) is 36.6 Å². The number of benzene rings is 2. The molecule has 0 aliphatic carbocycles. The molecule has 0 spiro atoms. The Balaban J connectivity index is 0.00000338. The molecular weight excluding hydrogens is 442 g/mol. The number of guanidine groups is 1. The summed E-state index contributed by atoms with van der Waals surface area (Å²) in [5.74, 6) is 0.577. The van der Waals surface area contributed by atoms with Crippen LogP contribution in [0.2, 0.25) is 0 Å². The van der Waals surface area contributed by atoms with Crippen LogP contribution in [0.15, 0.2) is 47.5 Å².